The largest absolute Gasteiger partial charge is 0.416 e. The van der Waals surface area contributed by atoms with Gasteiger partial charge in [0.15, 0.2) is 0 Å². The minimum Gasteiger partial charge on any atom is -0.389 e. The van der Waals surface area contributed by atoms with Gasteiger partial charge in [-0.25, -0.2) is 4.79 Å². The number of rotatable bonds is 10. The predicted octanol–water partition coefficient (Wildman–Crippen LogP) is 2.81. The van der Waals surface area contributed by atoms with Crippen molar-refractivity contribution in [1.29, 1.82) is 0 Å². The number of halogens is 3. The third-order valence-corrected chi connectivity index (χ3v) is 4.74. The Morgan fingerprint density at radius 3 is 2.59 bits per heavy atom. The zero-order valence-electron chi connectivity index (χ0n) is 18.7. The first-order valence-electron chi connectivity index (χ1n) is 10.5. The first kappa shape index (κ1) is 26.2. The van der Waals surface area contributed by atoms with Gasteiger partial charge in [-0.15, -0.1) is 0 Å². The highest BCUT2D eigenvalue weighted by molar-refractivity contribution is 5.93. The van der Waals surface area contributed by atoms with E-state index in [9.17, 15) is 23.1 Å². The second-order valence-electron chi connectivity index (χ2n) is 7.79. The van der Waals surface area contributed by atoms with Crippen LogP contribution in [-0.2, 0) is 20.4 Å². The summed E-state index contributed by atoms with van der Waals surface area (Å²) in [5.41, 5.74) is -0.322. The molecule has 0 saturated carbocycles. The van der Waals surface area contributed by atoms with Gasteiger partial charge in [-0.1, -0.05) is 0 Å². The summed E-state index contributed by atoms with van der Waals surface area (Å²) in [4.78, 5) is 15.7. The zero-order valence-corrected chi connectivity index (χ0v) is 18.7. The van der Waals surface area contributed by atoms with Crippen molar-refractivity contribution in [2.45, 2.75) is 32.2 Å². The molecular formula is C21H32F3N3O5. The van der Waals surface area contributed by atoms with Gasteiger partial charge in [-0.2, -0.15) is 13.2 Å². The summed E-state index contributed by atoms with van der Waals surface area (Å²) in [6.07, 6.45) is -5.41. The molecule has 1 unspecified atom stereocenters. The second-order valence-corrected chi connectivity index (χ2v) is 7.79. The minimum absolute atomic E-state index is 0.00165. The Bertz CT molecular complexity index is 727. The number of hydrogen-bond acceptors (Lipinski definition) is 6. The number of nitrogens with one attached hydrogen (secondary N) is 1. The number of morpholine rings is 1. The number of carbonyl (C=O) groups excluding carboxylic acids is 1. The van der Waals surface area contributed by atoms with Gasteiger partial charge in [0, 0.05) is 20.1 Å². The van der Waals surface area contributed by atoms with E-state index in [2.05, 4.69) is 5.32 Å². The van der Waals surface area contributed by atoms with Crippen LogP contribution < -0.4 is 10.2 Å². The fourth-order valence-electron chi connectivity index (χ4n) is 3.12. The molecule has 0 aliphatic carbocycles. The molecule has 2 amide bonds. The van der Waals surface area contributed by atoms with Crippen molar-refractivity contribution in [3.63, 3.8) is 0 Å². The number of nitrogens with zero attached hydrogens (tertiary/aromatic N) is 2. The topological polar surface area (TPSA) is 83.5 Å². The lowest BCUT2D eigenvalue weighted by molar-refractivity contribution is -0.137. The van der Waals surface area contributed by atoms with Gasteiger partial charge < -0.3 is 34.4 Å². The van der Waals surface area contributed by atoms with Crippen LogP contribution in [0.1, 0.15) is 19.4 Å². The van der Waals surface area contributed by atoms with Crippen LogP contribution in [0.25, 0.3) is 0 Å². The maximum atomic E-state index is 13.2. The number of anilines is 2. The molecule has 0 radical (unpaired) electrons. The molecule has 1 fully saturated rings. The van der Waals surface area contributed by atoms with E-state index in [0.29, 0.717) is 45.2 Å². The van der Waals surface area contributed by atoms with E-state index in [-0.39, 0.29) is 24.9 Å². The number of hydrogen-bond donors (Lipinski definition) is 2. The monoisotopic (exact) mass is 463 g/mol. The molecule has 1 saturated heterocycles. The van der Waals surface area contributed by atoms with E-state index in [1.165, 1.54) is 18.0 Å². The summed E-state index contributed by atoms with van der Waals surface area (Å²) in [6.45, 7) is 6.34. The Balaban J connectivity index is 1.98. The van der Waals surface area contributed by atoms with Gasteiger partial charge >= 0.3 is 12.2 Å². The SMILES string of the molecule is CC(C)OCCOCC(O)CN(C)C(=O)Nc1cc(C(F)(F)F)ccc1N1CCOCC1. The molecule has 0 aromatic heterocycles. The van der Waals surface area contributed by atoms with Crippen molar-refractivity contribution in [1.82, 2.24) is 4.90 Å². The predicted molar refractivity (Wildman–Crippen MR) is 114 cm³/mol. The summed E-state index contributed by atoms with van der Waals surface area (Å²) in [5, 5.41) is 12.6. The number of likely N-dealkylation sites (N-methyl/N-ethyl adjacent to an activating group) is 1. The molecule has 1 heterocycles. The number of urea groups is 1. The number of aliphatic hydroxyl groups excluding tert-OH is 1. The molecule has 32 heavy (non-hydrogen) atoms. The Morgan fingerprint density at radius 1 is 1.28 bits per heavy atom. The van der Waals surface area contributed by atoms with Gasteiger partial charge in [0.25, 0.3) is 0 Å². The molecule has 0 bridgehead atoms. The fourth-order valence-corrected chi connectivity index (χ4v) is 3.12. The average Bonchev–Trinajstić information content (AvgIpc) is 2.73. The molecule has 0 spiro atoms. The summed E-state index contributed by atoms with van der Waals surface area (Å²) < 4.78 is 55.6. The van der Waals surface area contributed by atoms with Crippen molar-refractivity contribution >= 4 is 17.4 Å². The van der Waals surface area contributed by atoms with Gasteiger partial charge in [-0.05, 0) is 32.0 Å². The highest BCUT2D eigenvalue weighted by Gasteiger charge is 2.32. The van der Waals surface area contributed by atoms with Crippen LogP contribution in [-0.4, -0.2) is 88.0 Å². The molecule has 1 aromatic rings. The standard InChI is InChI=1S/C21H32F3N3O5/c1-15(2)32-11-10-31-14-17(28)13-26(3)20(29)25-18-12-16(21(22,23)24)4-5-19(18)27-6-8-30-9-7-27/h4-5,12,15,17,28H,6-11,13-14H2,1-3H3,(H,25,29). The quantitative estimate of drug-likeness (QED) is 0.520. The Kier molecular flexibility index (Phi) is 10.0. The zero-order chi connectivity index (χ0) is 23.7. The van der Waals surface area contributed by atoms with E-state index in [0.717, 1.165) is 12.1 Å². The molecule has 1 atom stereocenters. The summed E-state index contributed by atoms with van der Waals surface area (Å²) >= 11 is 0. The summed E-state index contributed by atoms with van der Waals surface area (Å²) in [7, 11) is 1.45. The van der Waals surface area contributed by atoms with E-state index < -0.39 is 23.9 Å². The number of carbonyl (C=O) groups is 1. The fraction of sp³-hybridized carbons (Fsp3) is 0.667. The number of amides is 2. The highest BCUT2D eigenvalue weighted by atomic mass is 19.4. The molecule has 2 rings (SSSR count). The lowest BCUT2D eigenvalue weighted by Crippen LogP contribution is -2.40. The van der Waals surface area contributed by atoms with Crippen LogP contribution in [0.15, 0.2) is 18.2 Å². The van der Waals surface area contributed by atoms with Crippen LogP contribution in [0.4, 0.5) is 29.3 Å². The number of benzene rings is 1. The van der Waals surface area contributed by atoms with Crippen molar-refractivity contribution in [2.24, 2.45) is 0 Å². The number of ether oxygens (including phenoxy) is 3. The maximum absolute atomic E-state index is 13.2. The molecule has 1 aliphatic heterocycles. The Labute approximate surface area is 186 Å². The smallest absolute Gasteiger partial charge is 0.389 e. The molecule has 1 aromatic carbocycles. The van der Waals surface area contributed by atoms with E-state index in [4.69, 9.17) is 14.2 Å². The second kappa shape index (κ2) is 12.2. The molecular weight excluding hydrogens is 431 g/mol. The van der Waals surface area contributed by atoms with Crippen LogP contribution in [0.3, 0.4) is 0 Å². The van der Waals surface area contributed by atoms with E-state index in [1.807, 2.05) is 18.7 Å². The van der Waals surface area contributed by atoms with Crippen LogP contribution in [0.2, 0.25) is 0 Å². The number of aliphatic hydroxyl groups is 1. The van der Waals surface area contributed by atoms with E-state index >= 15 is 0 Å². The van der Waals surface area contributed by atoms with Gasteiger partial charge in [-0.3, -0.25) is 0 Å². The minimum atomic E-state index is -4.54. The van der Waals surface area contributed by atoms with Crippen LogP contribution >= 0.6 is 0 Å². The van der Waals surface area contributed by atoms with Gasteiger partial charge in [0.2, 0.25) is 0 Å². The lowest BCUT2D eigenvalue weighted by Gasteiger charge is -2.31. The van der Waals surface area contributed by atoms with Crippen molar-refractivity contribution in [2.75, 3.05) is 69.9 Å². The van der Waals surface area contributed by atoms with Crippen LogP contribution in [0, 0.1) is 0 Å². The lowest BCUT2D eigenvalue weighted by atomic mass is 10.1. The molecule has 8 nitrogen and oxygen atoms in total. The Morgan fingerprint density at radius 2 is 1.97 bits per heavy atom. The first-order chi connectivity index (χ1) is 15.1. The average molecular weight is 463 g/mol. The van der Waals surface area contributed by atoms with Crippen molar-refractivity contribution in [3.05, 3.63) is 23.8 Å². The molecule has 1 aliphatic rings. The highest BCUT2D eigenvalue weighted by Crippen LogP contribution is 2.35. The normalized spacial score (nSPS) is 15.7. The third-order valence-electron chi connectivity index (χ3n) is 4.74. The van der Waals surface area contributed by atoms with Crippen molar-refractivity contribution < 1.29 is 37.3 Å². The first-order valence-corrected chi connectivity index (χ1v) is 10.5. The third kappa shape index (κ3) is 8.45. The van der Waals surface area contributed by atoms with Crippen molar-refractivity contribution in [3.8, 4) is 0 Å². The van der Waals surface area contributed by atoms with Gasteiger partial charge in [0.05, 0.1) is 68.7 Å². The summed E-state index contributed by atoms with van der Waals surface area (Å²) in [5.74, 6) is 0. The summed E-state index contributed by atoms with van der Waals surface area (Å²) in [6, 6.07) is 2.63. The molecule has 11 heteroatoms. The van der Waals surface area contributed by atoms with Gasteiger partial charge in [0.1, 0.15) is 0 Å². The van der Waals surface area contributed by atoms with Crippen LogP contribution in [0.5, 0.6) is 0 Å². The molecule has 2 N–H and O–H groups in total. The number of alkyl halides is 3. The Hall–Kier alpha value is -2.08. The maximum Gasteiger partial charge on any atom is 0.416 e. The molecule has 182 valence electrons. The van der Waals surface area contributed by atoms with E-state index in [1.54, 1.807) is 0 Å².